The Kier molecular flexibility index (Phi) is 6.98. The first kappa shape index (κ1) is 27.6. The second kappa shape index (κ2) is 9.34. The number of aliphatic hydroxyl groups is 2. The lowest BCUT2D eigenvalue weighted by Crippen LogP contribution is -2.67. The van der Waals surface area contributed by atoms with Gasteiger partial charge in [0, 0.05) is 18.5 Å². The summed E-state index contributed by atoms with van der Waals surface area (Å²) in [7, 11) is 0. The minimum atomic E-state index is -0.419. The van der Waals surface area contributed by atoms with E-state index in [1.807, 2.05) is 0 Å². The Hall–Kier alpha value is -0.910. The van der Waals surface area contributed by atoms with Gasteiger partial charge in [0.15, 0.2) is 0 Å². The lowest BCUT2D eigenvalue weighted by atomic mass is 9.32. The molecule has 0 aromatic rings. The highest BCUT2D eigenvalue weighted by Crippen LogP contribution is 2.77. The van der Waals surface area contributed by atoms with E-state index in [0.717, 1.165) is 31.5 Å². The highest BCUT2D eigenvalue weighted by Gasteiger charge is 2.71. The molecule has 5 rings (SSSR count). The quantitative estimate of drug-likeness (QED) is 0.151. The average Bonchev–Trinajstić information content (AvgIpc) is 3.25. The summed E-state index contributed by atoms with van der Waals surface area (Å²) in [6.45, 7) is 18.8. The molecule has 4 N–H and O–H groups in total. The number of oxime groups is 1. The minimum Gasteiger partial charge on any atom is -0.411 e. The third-order valence-corrected chi connectivity index (χ3v) is 14.0. The van der Waals surface area contributed by atoms with E-state index in [0.29, 0.717) is 47.0 Å². The molecule has 0 saturated heterocycles. The topological polar surface area (TPSA) is 85.1 Å². The highest BCUT2D eigenvalue weighted by molar-refractivity contribution is 5.91. The molecule has 5 nitrogen and oxygen atoms in total. The summed E-state index contributed by atoms with van der Waals surface area (Å²) in [5.41, 5.74) is 2.84. The van der Waals surface area contributed by atoms with Gasteiger partial charge in [0.25, 0.3) is 0 Å². The van der Waals surface area contributed by atoms with Crippen LogP contribution in [0.5, 0.6) is 0 Å². The van der Waals surface area contributed by atoms with Crippen molar-refractivity contribution in [1.29, 1.82) is 0 Å². The molecule has 0 amide bonds. The van der Waals surface area contributed by atoms with Crippen molar-refractivity contribution >= 4 is 5.71 Å². The van der Waals surface area contributed by atoms with Crippen molar-refractivity contribution < 1.29 is 15.4 Å². The molecule has 37 heavy (non-hydrogen) atoms. The Morgan fingerprint density at radius 1 is 0.946 bits per heavy atom. The molecule has 0 bridgehead atoms. The van der Waals surface area contributed by atoms with Gasteiger partial charge < -0.3 is 20.7 Å². The predicted octanol–water partition coefficient (Wildman–Crippen LogP) is 6.03. The monoisotopic (exact) mass is 514 g/mol. The van der Waals surface area contributed by atoms with Crippen LogP contribution < -0.4 is 5.32 Å². The SMILES string of the molecule is C=C(C)[C@@H]1CC[C@]2(CNCCO)CC[C@]3(C)[C@H](CC[C@@H]4[C@@]5(C)CC/C(=N\O)[C@@](C)(CO)[C@@H]5CC[C@]43C)[C@@H]12. The fourth-order valence-electron chi connectivity index (χ4n) is 12.0. The molecule has 5 aliphatic carbocycles. The maximum atomic E-state index is 10.6. The van der Waals surface area contributed by atoms with Gasteiger partial charge in [-0.15, -0.1) is 0 Å². The standard InChI is InChI=1S/C32H54N2O3/c1-21(2)22-9-14-32(19-33-17-18-35)16-15-30(5)23(27(22)32)7-8-25-28(3)12-11-26(34-37)29(4,20-36)24(28)10-13-31(25,30)6/h22-25,27,33,35-37H,1,7-20H2,2-6H3/b34-26+/t22-,23+,24+,25+,27+,28-,29-,30+,31+,32+/m0/s1. The molecular weight excluding hydrogens is 460 g/mol. The van der Waals surface area contributed by atoms with Gasteiger partial charge in [-0.25, -0.2) is 0 Å². The molecule has 0 aliphatic heterocycles. The number of allylic oxidation sites excluding steroid dienone is 1. The maximum absolute atomic E-state index is 10.6. The number of nitrogens with one attached hydrogen (secondary N) is 1. The Morgan fingerprint density at radius 2 is 1.70 bits per heavy atom. The zero-order valence-electron chi connectivity index (χ0n) is 24.3. The lowest BCUT2D eigenvalue weighted by molar-refractivity contribution is -0.230. The first-order valence-electron chi connectivity index (χ1n) is 15.3. The molecular formula is C32H54N2O3. The second-order valence-corrected chi connectivity index (χ2v) is 15.1. The van der Waals surface area contributed by atoms with Crippen molar-refractivity contribution in [1.82, 2.24) is 5.32 Å². The molecule has 210 valence electrons. The van der Waals surface area contributed by atoms with Crippen LogP contribution in [0.15, 0.2) is 17.3 Å². The van der Waals surface area contributed by atoms with E-state index >= 15 is 0 Å². The van der Waals surface area contributed by atoms with Gasteiger partial charge in [-0.3, -0.25) is 0 Å². The fraction of sp³-hybridized carbons (Fsp3) is 0.906. The summed E-state index contributed by atoms with van der Waals surface area (Å²) in [4.78, 5) is 0. The van der Waals surface area contributed by atoms with Crippen LogP contribution in [0.4, 0.5) is 0 Å². The molecule has 5 aliphatic rings. The zero-order valence-corrected chi connectivity index (χ0v) is 24.3. The van der Waals surface area contributed by atoms with E-state index in [1.165, 1.54) is 50.5 Å². The van der Waals surface area contributed by atoms with Crippen molar-refractivity contribution in [2.75, 3.05) is 26.3 Å². The summed E-state index contributed by atoms with van der Waals surface area (Å²) in [5, 5.41) is 37.2. The van der Waals surface area contributed by atoms with Crippen molar-refractivity contribution in [2.24, 2.45) is 61.8 Å². The van der Waals surface area contributed by atoms with Crippen LogP contribution in [-0.2, 0) is 0 Å². The molecule has 0 spiro atoms. The van der Waals surface area contributed by atoms with Gasteiger partial charge in [-0.2, -0.15) is 0 Å². The van der Waals surface area contributed by atoms with Gasteiger partial charge in [0.2, 0.25) is 0 Å². The first-order valence-corrected chi connectivity index (χ1v) is 15.3. The number of hydrogen-bond acceptors (Lipinski definition) is 5. The van der Waals surface area contributed by atoms with Gasteiger partial charge >= 0.3 is 0 Å². The Bertz CT molecular complexity index is 935. The maximum Gasteiger partial charge on any atom is 0.0655 e. The molecule has 0 heterocycles. The molecule has 0 radical (unpaired) electrons. The van der Waals surface area contributed by atoms with E-state index < -0.39 is 5.41 Å². The van der Waals surface area contributed by atoms with E-state index in [4.69, 9.17) is 0 Å². The number of nitrogens with zero attached hydrogens (tertiary/aromatic N) is 1. The van der Waals surface area contributed by atoms with Gasteiger partial charge in [-0.1, -0.05) is 45.0 Å². The molecule has 10 atom stereocenters. The summed E-state index contributed by atoms with van der Waals surface area (Å²) < 4.78 is 0. The number of fused-ring (bicyclic) bond motifs is 7. The number of aliphatic hydroxyl groups excluding tert-OH is 2. The second-order valence-electron chi connectivity index (χ2n) is 15.1. The van der Waals surface area contributed by atoms with Crippen LogP contribution in [0.2, 0.25) is 0 Å². The number of hydrogen-bond donors (Lipinski definition) is 4. The summed E-state index contributed by atoms with van der Waals surface area (Å²) >= 11 is 0. The average molecular weight is 515 g/mol. The molecule has 5 saturated carbocycles. The first-order chi connectivity index (χ1) is 17.5. The Morgan fingerprint density at radius 3 is 2.35 bits per heavy atom. The number of rotatable bonds is 6. The van der Waals surface area contributed by atoms with Gasteiger partial charge in [0.05, 0.1) is 18.9 Å². The molecule has 5 heteroatoms. The predicted molar refractivity (Wildman–Crippen MR) is 150 cm³/mol. The Labute approximate surface area is 225 Å². The van der Waals surface area contributed by atoms with E-state index in [9.17, 15) is 15.4 Å². The van der Waals surface area contributed by atoms with E-state index in [2.05, 4.69) is 51.7 Å². The Balaban J connectivity index is 1.52. The van der Waals surface area contributed by atoms with E-state index in [1.54, 1.807) is 0 Å². The van der Waals surface area contributed by atoms with Crippen LogP contribution >= 0.6 is 0 Å². The molecule has 0 aromatic heterocycles. The van der Waals surface area contributed by atoms with Crippen molar-refractivity contribution in [3.63, 3.8) is 0 Å². The smallest absolute Gasteiger partial charge is 0.0655 e. The minimum absolute atomic E-state index is 0.0711. The molecule has 0 aromatic carbocycles. The summed E-state index contributed by atoms with van der Waals surface area (Å²) in [5.74, 6) is 3.01. The molecule has 5 fully saturated rings. The van der Waals surface area contributed by atoms with Crippen molar-refractivity contribution in [3.05, 3.63) is 12.2 Å². The lowest BCUT2D eigenvalue weighted by Gasteiger charge is -2.72. The summed E-state index contributed by atoms with van der Waals surface area (Å²) in [6, 6.07) is 0. The highest BCUT2D eigenvalue weighted by atomic mass is 16.4. The van der Waals surface area contributed by atoms with E-state index in [-0.39, 0.29) is 24.0 Å². The van der Waals surface area contributed by atoms with Gasteiger partial charge in [-0.05, 0) is 122 Å². The normalized spacial score (nSPS) is 52.2. The third kappa shape index (κ3) is 3.62. The van der Waals surface area contributed by atoms with Crippen LogP contribution in [0.3, 0.4) is 0 Å². The van der Waals surface area contributed by atoms with Crippen LogP contribution in [0.25, 0.3) is 0 Å². The summed E-state index contributed by atoms with van der Waals surface area (Å²) in [6.07, 6.45) is 11.9. The molecule has 0 unspecified atom stereocenters. The third-order valence-electron chi connectivity index (χ3n) is 14.0. The van der Waals surface area contributed by atoms with Gasteiger partial charge in [0.1, 0.15) is 0 Å². The fourth-order valence-corrected chi connectivity index (χ4v) is 12.0. The van der Waals surface area contributed by atoms with Crippen LogP contribution in [0.1, 0.15) is 98.8 Å². The largest absolute Gasteiger partial charge is 0.411 e. The van der Waals surface area contributed by atoms with Crippen LogP contribution in [0, 0.1) is 56.7 Å². The van der Waals surface area contributed by atoms with Crippen LogP contribution in [-0.4, -0.2) is 47.4 Å². The zero-order chi connectivity index (χ0) is 26.9. The van der Waals surface area contributed by atoms with Crippen molar-refractivity contribution in [2.45, 2.75) is 98.8 Å². The van der Waals surface area contributed by atoms with Crippen molar-refractivity contribution in [3.8, 4) is 0 Å².